The van der Waals surface area contributed by atoms with Crippen molar-refractivity contribution in [1.82, 2.24) is 14.5 Å². The fourth-order valence-electron chi connectivity index (χ4n) is 3.33. The molecule has 3 aromatic rings. The van der Waals surface area contributed by atoms with Gasteiger partial charge in [-0.2, -0.15) is 9.97 Å². The zero-order chi connectivity index (χ0) is 22.2. The fourth-order valence-corrected chi connectivity index (χ4v) is 3.33. The standard InChI is InChI=1S/C22H25N5O4/c1-22(2,3)31-21(29)26-9-4-5-10-30-17-12-16-18(19(23)24-17)25-20(28)27(16)13-14-7-6-8-15(26)11-14/h4-8,11-12H,9-10,13H2,1-3H3,(H2,23,24)(H,25,28)/b5-4+. The van der Waals surface area contributed by atoms with Gasteiger partial charge in [0.05, 0.1) is 12.1 Å². The number of carbonyl (C=O) groups excluding carboxylic acids is 1. The van der Waals surface area contributed by atoms with Crippen molar-refractivity contribution in [2.24, 2.45) is 0 Å². The van der Waals surface area contributed by atoms with Crippen molar-refractivity contribution in [2.75, 3.05) is 23.8 Å². The molecule has 0 saturated carbocycles. The third kappa shape index (κ3) is 4.40. The van der Waals surface area contributed by atoms with Crippen LogP contribution in [0.15, 0.2) is 42.5 Å². The van der Waals surface area contributed by atoms with Crippen molar-refractivity contribution in [3.8, 4) is 11.9 Å². The van der Waals surface area contributed by atoms with Crippen LogP contribution in [0.1, 0.15) is 26.3 Å². The van der Waals surface area contributed by atoms with Crippen molar-refractivity contribution in [1.29, 1.82) is 0 Å². The number of nitrogens with zero attached hydrogens (tertiary/aromatic N) is 4. The quantitative estimate of drug-likeness (QED) is 0.532. The normalized spacial score (nSPS) is 15.4. The Morgan fingerprint density at radius 1 is 1.23 bits per heavy atom. The van der Waals surface area contributed by atoms with Gasteiger partial charge in [0.2, 0.25) is 5.88 Å². The number of anilines is 2. The zero-order valence-corrected chi connectivity index (χ0v) is 17.7. The topological polar surface area (TPSA) is 116 Å². The first-order valence-electron chi connectivity index (χ1n) is 9.94. The van der Waals surface area contributed by atoms with Gasteiger partial charge >= 0.3 is 6.09 Å². The largest absolute Gasteiger partial charge is 0.480 e. The Morgan fingerprint density at radius 3 is 2.81 bits per heavy atom. The molecule has 4 bridgehead atoms. The molecule has 0 spiro atoms. The van der Waals surface area contributed by atoms with Crippen LogP contribution in [-0.2, 0) is 11.3 Å². The first-order valence-corrected chi connectivity index (χ1v) is 9.94. The van der Waals surface area contributed by atoms with Gasteiger partial charge in [0, 0.05) is 18.3 Å². The summed E-state index contributed by atoms with van der Waals surface area (Å²) in [6.07, 6.45) is 3.18. The Labute approximate surface area is 179 Å². The molecule has 162 valence electrons. The first kappa shape index (κ1) is 20.5. The average Bonchev–Trinajstić information content (AvgIpc) is 2.99. The Morgan fingerprint density at radius 2 is 2.03 bits per heavy atom. The lowest BCUT2D eigenvalue weighted by Crippen LogP contribution is -2.37. The van der Waals surface area contributed by atoms with E-state index in [-0.39, 0.29) is 18.4 Å². The molecule has 2 aromatic heterocycles. The first-order chi connectivity index (χ1) is 14.7. The lowest BCUT2D eigenvalue weighted by molar-refractivity contribution is 0.0584. The van der Waals surface area contributed by atoms with Crippen LogP contribution in [0.2, 0.25) is 0 Å². The van der Waals surface area contributed by atoms with Gasteiger partial charge in [0.25, 0.3) is 6.01 Å². The number of hydrogen-bond acceptors (Lipinski definition) is 7. The molecule has 4 rings (SSSR count). The van der Waals surface area contributed by atoms with Crippen molar-refractivity contribution in [2.45, 2.75) is 32.9 Å². The Bertz CT molecular complexity index is 1160. The zero-order valence-electron chi connectivity index (χ0n) is 17.7. The number of benzene rings is 1. The van der Waals surface area contributed by atoms with Crippen molar-refractivity contribution in [3.05, 3.63) is 48.0 Å². The second-order valence-corrected chi connectivity index (χ2v) is 8.25. The minimum absolute atomic E-state index is 0.179. The number of aromatic nitrogens is 3. The van der Waals surface area contributed by atoms with Gasteiger partial charge in [-0.3, -0.25) is 9.47 Å². The van der Waals surface area contributed by atoms with Crippen LogP contribution in [0, 0.1) is 0 Å². The van der Waals surface area contributed by atoms with Crippen LogP contribution in [0.5, 0.6) is 11.9 Å². The van der Waals surface area contributed by atoms with Crippen molar-refractivity contribution in [3.63, 3.8) is 0 Å². The monoisotopic (exact) mass is 423 g/mol. The molecule has 1 aliphatic heterocycles. The summed E-state index contributed by atoms with van der Waals surface area (Å²) in [5.74, 6) is 0.507. The van der Waals surface area contributed by atoms with Gasteiger partial charge < -0.3 is 20.3 Å². The molecular weight excluding hydrogens is 398 g/mol. The number of rotatable bonds is 0. The number of ether oxygens (including phenoxy) is 2. The summed E-state index contributed by atoms with van der Waals surface area (Å²) in [4.78, 5) is 22.8. The second-order valence-electron chi connectivity index (χ2n) is 8.25. The maximum Gasteiger partial charge on any atom is 0.415 e. The number of nitrogen functional groups attached to an aromatic ring is 1. The maximum absolute atomic E-state index is 12.9. The number of imidazole rings is 1. The highest BCUT2D eigenvalue weighted by atomic mass is 16.6. The molecule has 3 N–H and O–H groups in total. The van der Waals surface area contributed by atoms with E-state index in [4.69, 9.17) is 15.2 Å². The summed E-state index contributed by atoms with van der Waals surface area (Å²) in [5, 5.41) is 10.4. The number of aromatic hydroxyl groups is 1. The SMILES string of the molecule is CC(C)(C)OC(=O)N1C/C=C/COc2cc3c(nc(O)n3Cc3cccc1c3)c(N)n2. The van der Waals surface area contributed by atoms with E-state index in [9.17, 15) is 9.90 Å². The van der Waals surface area contributed by atoms with Crippen LogP contribution < -0.4 is 15.4 Å². The summed E-state index contributed by atoms with van der Waals surface area (Å²) in [6.45, 7) is 6.34. The lowest BCUT2D eigenvalue weighted by Gasteiger charge is -2.27. The van der Waals surface area contributed by atoms with Crippen molar-refractivity contribution >= 4 is 28.6 Å². The third-order valence-corrected chi connectivity index (χ3v) is 4.68. The maximum atomic E-state index is 12.9. The molecule has 9 nitrogen and oxygen atoms in total. The molecule has 0 radical (unpaired) electrons. The average molecular weight is 423 g/mol. The number of pyridine rings is 1. The van der Waals surface area contributed by atoms with E-state index in [0.717, 1.165) is 5.56 Å². The third-order valence-electron chi connectivity index (χ3n) is 4.68. The molecule has 0 unspecified atom stereocenters. The second kappa shape index (κ2) is 7.82. The Hall–Kier alpha value is -3.75. The van der Waals surface area contributed by atoms with Crippen LogP contribution in [0.3, 0.4) is 0 Å². The molecule has 3 heterocycles. The van der Waals surface area contributed by atoms with Gasteiger partial charge in [-0.1, -0.05) is 18.2 Å². The summed E-state index contributed by atoms with van der Waals surface area (Å²) in [5.41, 5.74) is 7.95. The van der Waals surface area contributed by atoms with E-state index in [1.165, 1.54) is 0 Å². The van der Waals surface area contributed by atoms with E-state index in [0.29, 0.717) is 35.7 Å². The number of amides is 1. The minimum atomic E-state index is -0.622. The van der Waals surface area contributed by atoms with Gasteiger partial charge in [-0.05, 0) is 44.5 Å². The molecule has 0 fully saturated rings. The van der Waals surface area contributed by atoms with Crippen LogP contribution in [0.4, 0.5) is 16.3 Å². The predicted molar refractivity (Wildman–Crippen MR) is 117 cm³/mol. The summed E-state index contributed by atoms with van der Waals surface area (Å²) in [7, 11) is 0. The molecule has 1 aromatic carbocycles. The summed E-state index contributed by atoms with van der Waals surface area (Å²) in [6, 6.07) is 9.02. The number of hydrogen-bond donors (Lipinski definition) is 2. The molecule has 9 heteroatoms. The van der Waals surface area contributed by atoms with Crippen molar-refractivity contribution < 1.29 is 19.4 Å². The van der Waals surface area contributed by atoms with E-state index in [1.54, 1.807) is 21.6 Å². The molecule has 1 amide bonds. The Balaban J connectivity index is 1.79. The van der Waals surface area contributed by atoms with Gasteiger partial charge in [0.1, 0.15) is 17.7 Å². The molecular formula is C22H25N5O4. The molecule has 31 heavy (non-hydrogen) atoms. The molecule has 1 aliphatic rings. The van der Waals surface area contributed by atoms with Crippen LogP contribution in [0.25, 0.3) is 11.0 Å². The minimum Gasteiger partial charge on any atom is -0.480 e. The molecule has 0 saturated heterocycles. The van der Waals surface area contributed by atoms with Gasteiger partial charge in [0.15, 0.2) is 5.82 Å². The predicted octanol–water partition coefficient (Wildman–Crippen LogP) is 3.46. The summed E-state index contributed by atoms with van der Waals surface area (Å²) >= 11 is 0. The fraction of sp³-hybridized carbons (Fsp3) is 0.318. The van der Waals surface area contributed by atoms with E-state index in [2.05, 4.69) is 9.97 Å². The number of carbonyl (C=O) groups is 1. The van der Waals surface area contributed by atoms with Gasteiger partial charge in [-0.25, -0.2) is 4.79 Å². The molecule has 0 atom stereocenters. The highest BCUT2D eigenvalue weighted by Crippen LogP contribution is 2.29. The van der Waals surface area contributed by atoms with Crippen LogP contribution >= 0.6 is 0 Å². The summed E-state index contributed by atoms with van der Waals surface area (Å²) < 4.78 is 12.9. The van der Waals surface area contributed by atoms with Crippen LogP contribution in [-0.4, -0.2) is 44.5 Å². The van der Waals surface area contributed by atoms with E-state index < -0.39 is 11.7 Å². The highest BCUT2D eigenvalue weighted by Gasteiger charge is 2.23. The Kier molecular flexibility index (Phi) is 5.18. The smallest absolute Gasteiger partial charge is 0.415 e. The number of fused-ring (bicyclic) bond motifs is 3. The number of nitrogens with two attached hydrogens (primary N) is 1. The lowest BCUT2D eigenvalue weighted by atomic mass is 10.1. The van der Waals surface area contributed by atoms with Gasteiger partial charge in [-0.15, -0.1) is 0 Å². The van der Waals surface area contributed by atoms with E-state index in [1.807, 2.05) is 51.1 Å². The molecule has 0 aliphatic carbocycles. The highest BCUT2D eigenvalue weighted by molar-refractivity contribution is 5.89. The van der Waals surface area contributed by atoms with E-state index >= 15 is 0 Å².